The van der Waals surface area contributed by atoms with E-state index in [0.717, 1.165) is 26.2 Å². The summed E-state index contributed by atoms with van der Waals surface area (Å²) in [7, 11) is -0.0705. The molecule has 4 heteroatoms. The van der Waals surface area contributed by atoms with Gasteiger partial charge in [0.05, 0.1) is 26.4 Å². The first kappa shape index (κ1) is 7.34. The van der Waals surface area contributed by atoms with Crippen LogP contribution in [0.1, 0.15) is 6.42 Å². The van der Waals surface area contributed by atoms with Crippen molar-refractivity contribution in [1.29, 1.82) is 0 Å². The average molecular weight is 154 g/mol. The summed E-state index contributed by atoms with van der Waals surface area (Å²) in [5.74, 6) is 0. The van der Waals surface area contributed by atoms with Crippen LogP contribution in [0, 0.1) is 0 Å². The zero-order valence-corrected chi connectivity index (χ0v) is 6.41. The van der Waals surface area contributed by atoms with Crippen molar-refractivity contribution in [2.24, 2.45) is 0 Å². The molecule has 0 atom stereocenters. The van der Waals surface area contributed by atoms with Crippen LogP contribution in [0.25, 0.3) is 0 Å². The number of hydrogen-bond donors (Lipinski definition) is 0. The van der Waals surface area contributed by atoms with Crippen molar-refractivity contribution in [3.8, 4) is 0 Å². The first-order chi connectivity index (χ1) is 5.47. The molecule has 2 rings (SSSR count). The standard InChI is InChI=1S/C7H11BO3/c1-3-9-4-2-7(1)8-10-5-6-11-8/h1H,2-6H2. The highest BCUT2D eigenvalue weighted by molar-refractivity contribution is 6.54. The molecule has 1 saturated heterocycles. The van der Waals surface area contributed by atoms with Gasteiger partial charge >= 0.3 is 7.12 Å². The van der Waals surface area contributed by atoms with Crippen molar-refractivity contribution in [2.75, 3.05) is 26.4 Å². The second kappa shape index (κ2) is 3.39. The summed E-state index contributed by atoms with van der Waals surface area (Å²) in [6.45, 7) is 2.96. The molecule has 2 heterocycles. The molecule has 0 aromatic carbocycles. The third-order valence-electron chi connectivity index (χ3n) is 1.92. The Hall–Kier alpha value is -0.315. The molecule has 0 radical (unpaired) electrons. The lowest BCUT2D eigenvalue weighted by molar-refractivity contribution is 0.155. The summed E-state index contributed by atoms with van der Waals surface area (Å²) in [4.78, 5) is 0. The van der Waals surface area contributed by atoms with Gasteiger partial charge in [0.2, 0.25) is 0 Å². The van der Waals surface area contributed by atoms with Crippen molar-refractivity contribution in [3.63, 3.8) is 0 Å². The van der Waals surface area contributed by atoms with Gasteiger partial charge in [-0.1, -0.05) is 6.08 Å². The van der Waals surface area contributed by atoms with E-state index in [9.17, 15) is 0 Å². The molecule has 0 N–H and O–H groups in total. The van der Waals surface area contributed by atoms with E-state index >= 15 is 0 Å². The minimum absolute atomic E-state index is 0.0705. The topological polar surface area (TPSA) is 27.7 Å². The Morgan fingerprint density at radius 2 is 2.00 bits per heavy atom. The maximum Gasteiger partial charge on any atom is 0.489 e. The Morgan fingerprint density at radius 3 is 2.64 bits per heavy atom. The Morgan fingerprint density at radius 1 is 1.18 bits per heavy atom. The van der Waals surface area contributed by atoms with Crippen molar-refractivity contribution in [1.82, 2.24) is 0 Å². The summed E-state index contributed by atoms with van der Waals surface area (Å²) >= 11 is 0. The third kappa shape index (κ3) is 1.64. The molecule has 1 fully saturated rings. The van der Waals surface area contributed by atoms with E-state index in [4.69, 9.17) is 14.0 Å². The predicted octanol–water partition coefficient (Wildman–Crippen LogP) is 0.407. The van der Waals surface area contributed by atoms with Gasteiger partial charge in [0, 0.05) is 0 Å². The Labute approximate surface area is 66.5 Å². The fourth-order valence-electron chi connectivity index (χ4n) is 1.33. The molecule has 0 aliphatic carbocycles. The van der Waals surface area contributed by atoms with Crippen LogP contribution in [0.4, 0.5) is 0 Å². The summed E-state index contributed by atoms with van der Waals surface area (Å²) < 4.78 is 15.9. The molecule has 0 bridgehead atoms. The molecule has 3 nitrogen and oxygen atoms in total. The van der Waals surface area contributed by atoms with E-state index in [2.05, 4.69) is 6.08 Å². The van der Waals surface area contributed by atoms with E-state index in [-0.39, 0.29) is 7.12 Å². The fraction of sp³-hybridized carbons (Fsp3) is 0.714. The maximum absolute atomic E-state index is 5.35. The predicted molar refractivity (Wildman–Crippen MR) is 41.2 cm³/mol. The average Bonchev–Trinajstić information content (AvgIpc) is 2.58. The van der Waals surface area contributed by atoms with Crippen LogP contribution in [0.5, 0.6) is 0 Å². The summed E-state index contributed by atoms with van der Waals surface area (Å²) in [6.07, 6.45) is 3.00. The van der Waals surface area contributed by atoms with E-state index in [1.165, 1.54) is 5.47 Å². The van der Waals surface area contributed by atoms with Crippen molar-refractivity contribution in [2.45, 2.75) is 6.42 Å². The van der Waals surface area contributed by atoms with Gasteiger partial charge in [-0.05, 0) is 11.9 Å². The molecule has 0 aromatic heterocycles. The molecule has 0 saturated carbocycles. The van der Waals surface area contributed by atoms with E-state index < -0.39 is 0 Å². The second-order valence-electron chi connectivity index (χ2n) is 2.68. The number of hydrogen-bond acceptors (Lipinski definition) is 3. The lowest BCUT2D eigenvalue weighted by Gasteiger charge is -2.14. The van der Waals surface area contributed by atoms with Gasteiger partial charge in [-0.3, -0.25) is 0 Å². The van der Waals surface area contributed by atoms with Crippen LogP contribution in [-0.4, -0.2) is 33.5 Å². The van der Waals surface area contributed by atoms with Gasteiger partial charge in [-0.15, -0.1) is 0 Å². The monoisotopic (exact) mass is 154 g/mol. The molecular formula is C7H11BO3. The first-order valence-corrected chi connectivity index (χ1v) is 3.97. The Kier molecular flexibility index (Phi) is 2.26. The normalized spacial score (nSPS) is 25.5. The largest absolute Gasteiger partial charge is 0.489 e. The van der Waals surface area contributed by atoms with Gasteiger partial charge in [0.1, 0.15) is 0 Å². The molecule has 2 aliphatic rings. The van der Waals surface area contributed by atoms with Crippen LogP contribution in [0.15, 0.2) is 11.5 Å². The Bertz CT molecular complexity index is 163. The summed E-state index contributed by atoms with van der Waals surface area (Å²) in [5.41, 5.74) is 1.24. The molecule has 11 heavy (non-hydrogen) atoms. The van der Waals surface area contributed by atoms with Crippen LogP contribution in [-0.2, 0) is 14.0 Å². The minimum Gasteiger partial charge on any atom is -0.405 e. The van der Waals surface area contributed by atoms with Crippen molar-refractivity contribution < 1.29 is 14.0 Å². The first-order valence-electron chi connectivity index (χ1n) is 3.97. The molecule has 60 valence electrons. The highest BCUT2D eigenvalue weighted by Gasteiger charge is 2.28. The second-order valence-corrected chi connectivity index (χ2v) is 2.68. The van der Waals surface area contributed by atoms with Gasteiger partial charge in [-0.25, -0.2) is 0 Å². The summed E-state index contributed by atoms with van der Waals surface area (Å²) in [6, 6.07) is 0. The van der Waals surface area contributed by atoms with E-state index in [1.54, 1.807) is 0 Å². The minimum atomic E-state index is -0.0705. The van der Waals surface area contributed by atoms with E-state index in [1.807, 2.05) is 0 Å². The Balaban J connectivity index is 1.96. The number of rotatable bonds is 1. The maximum atomic E-state index is 5.35. The smallest absolute Gasteiger partial charge is 0.405 e. The van der Waals surface area contributed by atoms with Crippen molar-refractivity contribution >= 4 is 7.12 Å². The molecule has 0 amide bonds. The molecule has 0 unspecified atom stereocenters. The lowest BCUT2D eigenvalue weighted by Crippen LogP contribution is -2.22. The SMILES string of the molecule is C1=C(B2OCCO2)CCOC1. The van der Waals surface area contributed by atoms with Gasteiger partial charge < -0.3 is 14.0 Å². The molecule has 2 aliphatic heterocycles. The highest BCUT2D eigenvalue weighted by atomic mass is 16.6. The quantitative estimate of drug-likeness (QED) is 0.512. The zero-order valence-electron chi connectivity index (χ0n) is 6.41. The highest BCUT2D eigenvalue weighted by Crippen LogP contribution is 2.15. The van der Waals surface area contributed by atoms with Gasteiger partial charge in [-0.2, -0.15) is 0 Å². The van der Waals surface area contributed by atoms with Crippen LogP contribution >= 0.6 is 0 Å². The van der Waals surface area contributed by atoms with Gasteiger partial charge in [0.25, 0.3) is 0 Å². The lowest BCUT2D eigenvalue weighted by atomic mass is 9.76. The van der Waals surface area contributed by atoms with Gasteiger partial charge in [0.15, 0.2) is 0 Å². The van der Waals surface area contributed by atoms with Crippen LogP contribution in [0.3, 0.4) is 0 Å². The van der Waals surface area contributed by atoms with Crippen LogP contribution in [0.2, 0.25) is 0 Å². The molecule has 0 aromatic rings. The summed E-state index contributed by atoms with van der Waals surface area (Å²) in [5, 5.41) is 0. The number of ether oxygens (including phenoxy) is 1. The van der Waals surface area contributed by atoms with Crippen LogP contribution < -0.4 is 0 Å². The molecular weight excluding hydrogens is 143 g/mol. The third-order valence-corrected chi connectivity index (χ3v) is 1.92. The van der Waals surface area contributed by atoms with E-state index in [0.29, 0.717) is 6.61 Å². The zero-order chi connectivity index (χ0) is 7.52. The fourth-order valence-corrected chi connectivity index (χ4v) is 1.33. The van der Waals surface area contributed by atoms with Crippen molar-refractivity contribution in [3.05, 3.63) is 11.5 Å². The molecule has 0 spiro atoms.